The molecule has 2 N–H and O–H groups in total. The molecule has 2 aromatic rings. The van der Waals surface area contributed by atoms with E-state index in [2.05, 4.69) is 52.5 Å². The lowest BCUT2D eigenvalue weighted by atomic mass is 9.91. The first kappa shape index (κ1) is 14.4. The summed E-state index contributed by atoms with van der Waals surface area (Å²) in [6.07, 6.45) is 5.79. The molecule has 0 amide bonds. The highest BCUT2D eigenvalue weighted by atomic mass is 15.1. The maximum Gasteiger partial charge on any atom is 0.0670 e. The van der Waals surface area contributed by atoms with E-state index in [0.29, 0.717) is 6.04 Å². The van der Waals surface area contributed by atoms with Crippen molar-refractivity contribution in [2.45, 2.75) is 39.2 Å². The molecule has 1 fully saturated rings. The number of nitrogens with one attached hydrogen (secondary N) is 2. The number of H-pyrrole nitrogens is 1. The zero-order valence-corrected chi connectivity index (χ0v) is 13.1. The number of anilines is 1. The van der Waals surface area contributed by atoms with Crippen molar-refractivity contribution in [3.05, 3.63) is 24.4 Å². The second-order valence-electron chi connectivity index (χ2n) is 6.31. The Balaban J connectivity index is 1.63. The van der Waals surface area contributed by atoms with Gasteiger partial charge in [-0.05, 0) is 63.4 Å². The third-order valence-electron chi connectivity index (χ3n) is 4.63. The van der Waals surface area contributed by atoms with E-state index in [0.717, 1.165) is 11.4 Å². The third kappa shape index (κ3) is 3.38. The number of piperidine rings is 1. The highest BCUT2D eigenvalue weighted by Gasteiger charge is 2.24. The number of aromatic nitrogens is 2. The summed E-state index contributed by atoms with van der Waals surface area (Å²) in [5, 5.41) is 12.0. The summed E-state index contributed by atoms with van der Waals surface area (Å²) in [6, 6.07) is 6.94. The highest BCUT2D eigenvalue weighted by molar-refractivity contribution is 5.81. The van der Waals surface area contributed by atoms with Crippen LogP contribution in [0.5, 0.6) is 0 Å². The highest BCUT2D eigenvalue weighted by Crippen LogP contribution is 2.24. The van der Waals surface area contributed by atoms with Gasteiger partial charge in [-0.3, -0.25) is 5.10 Å². The van der Waals surface area contributed by atoms with Gasteiger partial charge < -0.3 is 10.2 Å². The van der Waals surface area contributed by atoms with Gasteiger partial charge in [0.15, 0.2) is 0 Å². The summed E-state index contributed by atoms with van der Waals surface area (Å²) < 4.78 is 0. The van der Waals surface area contributed by atoms with E-state index in [-0.39, 0.29) is 0 Å². The number of likely N-dealkylation sites (tertiary alicyclic amines) is 1. The topological polar surface area (TPSA) is 44.0 Å². The number of benzene rings is 1. The summed E-state index contributed by atoms with van der Waals surface area (Å²) in [6.45, 7) is 8.33. The maximum absolute atomic E-state index is 4.08. The Hall–Kier alpha value is -1.55. The second-order valence-corrected chi connectivity index (χ2v) is 6.31. The lowest BCUT2D eigenvalue weighted by molar-refractivity contribution is 0.165. The molecule has 2 atom stereocenters. The van der Waals surface area contributed by atoms with Crippen LogP contribution in [0.4, 0.5) is 5.69 Å². The second kappa shape index (κ2) is 6.48. The number of rotatable bonds is 5. The first-order chi connectivity index (χ1) is 10.3. The van der Waals surface area contributed by atoms with E-state index in [1.807, 2.05) is 6.20 Å². The first-order valence-corrected chi connectivity index (χ1v) is 8.18. The van der Waals surface area contributed by atoms with E-state index < -0.39 is 0 Å². The van der Waals surface area contributed by atoms with Crippen molar-refractivity contribution in [2.24, 2.45) is 5.92 Å². The molecule has 0 bridgehead atoms. The van der Waals surface area contributed by atoms with Crippen LogP contribution in [0.15, 0.2) is 24.4 Å². The van der Waals surface area contributed by atoms with Gasteiger partial charge in [0, 0.05) is 23.7 Å². The fraction of sp³-hybridized carbons (Fsp3) is 0.588. The minimum atomic E-state index is 0.505. The normalized spacial score (nSPS) is 21.5. The predicted octanol–water partition coefficient (Wildman–Crippen LogP) is 3.49. The van der Waals surface area contributed by atoms with Gasteiger partial charge in [-0.2, -0.15) is 5.10 Å². The van der Waals surface area contributed by atoms with Crippen molar-refractivity contribution in [3.63, 3.8) is 0 Å². The van der Waals surface area contributed by atoms with Crippen LogP contribution in [0.2, 0.25) is 0 Å². The van der Waals surface area contributed by atoms with E-state index in [1.54, 1.807) is 0 Å². The molecule has 1 saturated heterocycles. The SMILES string of the molecule is CCCN1CCCC(C(C)Nc2ccc3cn[nH]c3c2)C1. The molecule has 1 aliphatic heterocycles. The average molecular weight is 286 g/mol. The molecule has 1 aliphatic rings. The Labute approximate surface area is 126 Å². The summed E-state index contributed by atoms with van der Waals surface area (Å²) in [4.78, 5) is 2.62. The quantitative estimate of drug-likeness (QED) is 0.884. The first-order valence-electron chi connectivity index (χ1n) is 8.18. The Bertz CT molecular complexity index is 575. The zero-order chi connectivity index (χ0) is 14.7. The van der Waals surface area contributed by atoms with E-state index in [9.17, 15) is 0 Å². The van der Waals surface area contributed by atoms with Gasteiger partial charge >= 0.3 is 0 Å². The number of nitrogens with zero attached hydrogens (tertiary/aromatic N) is 2. The zero-order valence-electron chi connectivity index (χ0n) is 13.1. The Morgan fingerprint density at radius 2 is 2.38 bits per heavy atom. The van der Waals surface area contributed by atoms with Gasteiger partial charge in [0.05, 0.1) is 11.7 Å². The molecule has 3 rings (SSSR count). The van der Waals surface area contributed by atoms with Crippen LogP contribution in [0.1, 0.15) is 33.1 Å². The molecule has 0 saturated carbocycles. The van der Waals surface area contributed by atoms with Crippen LogP contribution in [-0.4, -0.2) is 40.8 Å². The van der Waals surface area contributed by atoms with Gasteiger partial charge in [0.2, 0.25) is 0 Å². The molecule has 1 aromatic heterocycles. The van der Waals surface area contributed by atoms with Crippen molar-refractivity contribution >= 4 is 16.6 Å². The maximum atomic E-state index is 4.08. The summed E-state index contributed by atoms with van der Waals surface area (Å²) >= 11 is 0. The van der Waals surface area contributed by atoms with Crippen molar-refractivity contribution in [2.75, 3.05) is 25.0 Å². The molecule has 1 aromatic carbocycles. The van der Waals surface area contributed by atoms with Gasteiger partial charge in [0.25, 0.3) is 0 Å². The molecule has 114 valence electrons. The van der Waals surface area contributed by atoms with Crippen molar-refractivity contribution in [1.29, 1.82) is 0 Å². The molecule has 0 spiro atoms. The molecule has 0 radical (unpaired) electrons. The minimum absolute atomic E-state index is 0.505. The number of fused-ring (bicyclic) bond motifs is 1. The molecule has 4 nitrogen and oxygen atoms in total. The van der Waals surface area contributed by atoms with Gasteiger partial charge in [-0.15, -0.1) is 0 Å². The van der Waals surface area contributed by atoms with E-state index in [1.165, 1.54) is 50.0 Å². The molecule has 2 heterocycles. The van der Waals surface area contributed by atoms with Gasteiger partial charge in [-0.1, -0.05) is 6.92 Å². The number of hydrogen-bond acceptors (Lipinski definition) is 3. The lowest BCUT2D eigenvalue weighted by Gasteiger charge is -2.36. The van der Waals surface area contributed by atoms with Crippen LogP contribution in [0.3, 0.4) is 0 Å². The Morgan fingerprint density at radius 3 is 3.24 bits per heavy atom. The Morgan fingerprint density at radius 1 is 1.48 bits per heavy atom. The van der Waals surface area contributed by atoms with E-state index in [4.69, 9.17) is 0 Å². The fourth-order valence-electron chi connectivity index (χ4n) is 3.43. The monoisotopic (exact) mass is 286 g/mol. The van der Waals surface area contributed by atoms with Crippen molar-refractivity contribution < 1.29 is 0 Å². The summed E-state index contributed by atoms with van der Waals surface area (Å²) in [5.41, 5.74) is 2.29. The van der Waals surface area contributed by atoms with Crippen LogP contribution in [0.25, 0.3) is 10.9 Å². The van der Waals surface area contributed by atoms with Crippen molar-refractivity contribution in [3.8, 4) is 0 Å². The van der Waals surface area contributed by atoms with Gasteiger partial charge in [-0.25, -0.2) is 0 Å². The largest absolute Gasteiger partial charge is 0.382 e. The predicted molar refractivity (Wildman–Crippen MR) is 88.6 cm³/mol. The van der Waals surface area contributed by atoms with Crippen molar-refractivity contribution in [1.82, 2.24) is 15.1 Å². The molecule has 2 unspecified atom stereocenters. The molecule has 21 heavy (non-hydrogen) atoms. The number of aromatic amines is 1. The smallest absolute Gasteiger partial charge is 0.0670 e. The third-order valence-corrected chi connectivity index (χ3v) is 4.63. The fourth-order valence-corrected chi connectivity index (χ4v) is 3.43. The van der Waals surface area contributed by atoms with Crippen LogP contribution in [-0.2, 0) is 0 Å². The minimum Gasteiger partial charge on any atom is -0.382 e. The lowest BCUT2D eigenvalue weighted by Crippen LogP contribution is -2.42. The van der Waals surface area contributed by atoms with Crippen LogP contribution in [0, 0.1) is 5.92 Å². The number of hydrogen-bond donors (Lipinski definition) is 2. The van der Waals surface area contributed by atoms with Crippen LogP contribution >= 0.6 is 0 Å². The van der Waals surface area contributed by atoms with Gasteiger partial charge in [0.1, 0.15) is 0 Å². The average Bonchev–Trinajstić information content (AvgIpc) is 2.95. The summed E-state index contributed by atoms with van der Waals surface area (Å²) in [7, 11) is 0. The van der Waals surface area contributed by atoms with E-state index >= 15 is 0 Å². The molecular weight excluding hydrogens is 260 g/mol. The standard InChI is InChI=1S/C17H26N4/c1-3-8-21-9-4-5-15(12-21)13(2)19-16-7-6-14-11-18-20-17(14)10-16/h6-7,10-11,13,15,19H,3-5,8-9,12H2,1-2H3,(H,18,20). The Kier molecular flexibility index (Phi) is 4.44. The summed E-state index contributed by atoms with van der Waals surface area (Å²) in [5.74, 6) is 0.739. The molecular formula is C17H26N4. The molecule has 0 aliphatic carbocycles. The van der Waals surface area contributed by atoms with Crippen LogP contribution < -0.4 is 5.32 Å². The molecule has 4 heteroatoms.